The summed E-state index contributed by atoms with van der Waals surface area (Å²) in [4.78, 5) is 23.5. The molecule has 0 bridgehead atoms. The molecule has 9 heteroatoms. The van der Waals surface area contributed by atoms with Gasteiger partial charge in [-0.1, -0.05) is 29.8 Å². The summed E-state index contributed by atoms with van der Waals surface area (Å²) in [5, 5.41) is 9.23. The minimum atomic E-state index is -0.279. The SMILES string of the molecule is CC1=Cc2c(ccc(Nc3ccnc(Nc4cccc(CC(=O)NCCN5CCOCC5)c4)n3)c2F)C1. The van der Waals surface area contributed by atoms with Gasteiger partial charge in [-0.3, -0.25) is 9.69 Å². The van der Waals surface area contributed by atoms with Gasteiger partial charge in [-0.25, -0.2) is 9.37 Å². The van der Waals surface area contributed by atoms with Gasteiger partial charge in [0.1, 0.15) is 5.82 Å². The largest absolute Gasteiger partial charge is 0.379 e. The lowest BCUT2D eigenvalue weighted by molar-refractivity contribution is -0.120. The number of nitrogens with one attached hydrogen (secondary N) is 3. The number of morpholine rings is 1. The van der Waals surface area contributed by atoms with Crippen molar-refractivity contribution < 1.29 is 13.9 Å². The number of benzene rings is 2. The molecule has 1 aliphatic heterocycles. The second-order valence-corrected chi connectivity index (χ2v) is 9.36. The van der Waals surface area contributed by atoms with Crippen molar-refractivity contribution in [2.45, 2.75) is 19.8 Å². The van der Waals surface area contributed by atoms with Gasteiger partial charge in [0.05, 0.1) is 25.3 Å². The van der Waals surface area contributed by atoms with Crippen LogP contribution in [-0.2, 0) is 22.4 Å². The quantitative estimate of drug-likeness (QED) is 0.407. The molecule has 5 rings (SSSR count). The maximum Gasteiger partial charge on any atom is 0.229 e. The zero-order valence-electron chi connectivity index (χ0n) is 20.9. The van der Waals surface area contributed by atoms with Crippen molar-refractivity contribution >= 4 is 35.1 Å². The summed E-state index contributed by atoms with van der Waals surface area (Å²) in [7, 11) is 0. The van der Waals surface area contributed by atoms with E-state index in [0.717, 1.165) is 61.7 Å². The number of amides is 1. The van der Waals surface area contributed by atoms with Crippen molar-refractivity contribution in [1.82, 2.24) is 20.2 Å². The molecule has 2 aromatic carbocycles. The molecule has 0 unspecified atom stereocenters. The Morgan fingerprint density at radius 2 is 2.00 bits per heavy atom. The van der Waals surface area contributed by atoms with Gasteiger partial charge >= 0.3 is 0 Å². The first kappa shape index (κ1) is 24.9. The van der Waals surface area contributed by atoms with Crippen molar-refractivity contribution in [2.75, 3.05) is 50.0 Å². The van der Waals surface area contributed by atoms with Gasteiger partial charge in [-0.05, 0) is 48.7 Å². The lowest BCUT2D eigenvalue weighted by atomic mass is 10.1. The molecule has 37 heavy (non-hydrogen) atoms. The Labute approximate surface area is 216 Å². The zero-order chi connectivity index (χ0) is 25.6. The highest BCUT2D eigenvalue weighted by molar-refractivity contribution is 5.79. The number of ether oxygens (including phenoxy) is 1. The molecule has 0 atom stereocenters. The molecule has 0 spiro atoms. The number of hydrogen-bond donors (Lipinski definition) is 3. The van der Waals surface area contributed by atoms with Crippen molar-refractivity contribution in [3.05, 3.63) is 76.7 Å². The average molecular weight is 503 g/mol. The van der Waals surface area contributed by atoms with Gasteiger partial charge in [0, 0.05) is 43.6 Å². The van der Waals surface area contributed by atoms with Crippen LogP contribution in [-0.4, -0.2) is 60.2 Å². The normalized spacial score (nSPS) is 15.1. The van der Waals surface area contributed by atoms with Gasteiger partial charge < -0.3 is 20.7 Å². The number of anilines is 4. The summed E-state index contributed by atoms with van der Waals surface area (Å²) in [5.41, 5.74) is 4.79. The van der Waals surface area contributed by atoms with Crippen LogP contribution < -0.4 is 16.0 Å². The smallest absolute Gasteiger partial charge is 0.229 e. The summed E-state index contributed by atoms with van der Waals surface area (Å²) >= 11 is 0. The van der Waals surface area contributed by atoms with Gasteiger partial charge in [-0.2, -0.15) is 4.98 Å². The first-order chi connectivity index (χ1) is 18.0. The predicted molar refractivity (Wildman–Crippen MR) is 143 cm³/mol. The molecule has 8 nitrogen and oxygen atoms in total. The van der Waals surface area contributed by atoms with Gasteiger partial charge in [0.15, 0.2) is 5.82 Å². The first-order valence-corrected chi connectivity index (χ1v) is 12.5. The van der Waals surface area contributed by atoms with Crippen molar-refractivity contribution in [3.8, 4) is 0 Å². The predicted octanol–water partition coefficient (Wildman–Crippen LogP) is 4.05. The van der Waals surface area contributed by atoms with E-state index in [1.165, 1.54) is 0 Å². The van der Waals surface area contributed by atoms with Crippen LogP contribution in [0.15, 0.2) is 54.2 Å². The van der Waals surface area contributed by atoms with Gasteiger partial charge in [-0.15, -0.1) is 0 Å². The maximum absolute atomic E-state index is 15.0. The maximum atomic E-state index is 15.0. The fraction of sp³-hybridized carbons (Fsp3) is 0.321. The molecule has 192 valence electrons. The number of aromatic nitrogens is 2. The number of allylic oxidation sites excluding steroid dienone is 1. The molecule has 1 fully saturated rings. The van der Waals surface area contributed by atoms with Crippen LogP contribution in [0, 0.1) is 5.82 Å². The highest BCUT2D eigenvalue weighted by Gasteiger charge is 2.17. The first-order valence-electron chi connectivity index (χ1n) is 12.5. The highest BCUT2D eigenvalue weighted by atomic mass is 19.1. The molecule has 1 aliphatic carbocycles. The fourth-order valence-corrected chi connectivity index (χ4v) is 4.58. The van der Waals surface area contributed by atoms with E-state index in [0.29, 0.717) is 29.6 Å². The van der Waals surface area contributed by atoms with Crippen LogP contribution in [0.4, 0.5) is 27.5 Å². The summed E-state index contributed by atoms with van der Waals surface area (Å²) in [5.74, 6) is 0.549. The van der Waals surface area contributed by atoms with Crippen LogP contribution in [0.2, 0.25) is 0 Å². The van der Waals surface area contributed by atoms with Crippen LogP contribution >= 0.6 is 0 Å². The van der Waals surface area contributed by atoms with E-state index >= 15 is 0 Å². The van der Waals surface area contributed by atoms with Crippen LogP contribution in [0.5, 0.6) is 0 Å². The third-order valence-electron chi connectivity index (χ3n) is 6.45. The minimum Gasteiger partial charge on any atom is -0.379 e. The monoisotopic (exact) mass is 502 g/mol. The number of fused-ring (bicyclic) bond motifs is 1. The topological polar surface area (TPSA) is 91.4 Å². The number of rotatable bonds is 9. The Morgan fingerprint density at radius 3 is 2.86 bits per heavy atom. The lowest BCUT2D eigenvalue weighted by Crippen LogP contribution is -2.41. The average Bonchev–Trinajstić information content (AvgIpc) is 3.28. The molecule has 1 aromatic heterocycles. The van der Waals surface area contributed by atoms with E-state index in [4.69, 9.17) is 4.74 Å². The second kappa shape index (κ2) is 11.5. The van der Waals surface area contributed by atoms with E-state index in [9.17, 15) is 9.18 Å². The Morgan fingerprint density at radius 1 is 1.14 bits per heavy atom. The molecule has 0 radical (unpaired) electrons. The highest BCUT2D eigenvalue weighted by Crippen LogP contribution is 2.32. The molecule has 2 heterocycles. The van der Waals surface area contributed by atoms with E-state index in [2.05, 4.69) is 30.8 Å². The molecule has 0 saturated carbocycles. The summed E-state index contributed by atoms with van der Waals surface area (Å²) in [6.07, 6.45) is 4.56. The number of halogens is 1. The molecule has 1 saturated heterocycles. The number of nitrogens with zero attached hydrogens (tertiary/aromatic N) is 3. The van der Waals surface area contributed by atoms with E-state index in [-0.39, 0.29) is 18.1 Å². The van der Waals surface area contributed by atoms with E-state index in [1.807, 2.05) is 43.3 Å². The molecule has 3 aromatic rings. The molecule has 3 N–H and O–H groups in total. The van der Waals surface area contributed by atoms with E-state index < -0.39 is 0 Å². The van der Waals surface area contributed by atoms with Crippen LogP contribution in [0.25, 0.3) is 6.08 Å². The summed E-state index contributed by atoms with van der Waals surface area (Å²) in [6, 6.07) is 13.0. The Hall–Kier alpha value is -3.82. The molecular formula is C28H31FN6O2. The van der Waals surface area contributed by atoms with Crippen molar-refractivity contribution in [2.24, 2.45) is 0 Å². The number of hydrogen-bond acceptors (Lipinski definition) is 7. The second-order valence-electron chi connectivity index (χ2n) is 9.36. The summed E-state index contributed by atoms with van der Waals surface area (Å²) in [6.45, 7) is 6.75. The molecule has 1 amide bonds. The molecular weight excluding hydrogens is 471 g/mol. The Balaban J connectivity index is 1.17. The number of carbonyl (C=O) groups excluding carboxylic acids is 1. The van der Waals surface area contributed by atoms with Gasteiger partial charge in [0.2, 0.25) is 11.9 Å². The van der Waals surface area contributed by atoms with Gasteiger partial charge in [0.25, 0.3) is 0 Å². The Kier molecular flexibility index (Phi) is 7.72. The zero-order valence-corrected chi connectivity index (χ0v) is 20.9. The standard InChI is InChI=1S/C28H31FN6O2/c1-19-15-21-5-6-24(27(29)23(21)16-19)33-25-7-8-31-28(34-25)32-22-4-2-3-20(17-22)18-26(36)30-9-10-35-11-13-37-14-12-35/h2-8,16-17H,9-15,18H2,1H3,(H,30,36)(H2,31,32,33,34). The third-order valence-corrected chi connectivity index (χ3v) is 6.45. The number of carbonyl (C=O) groups is 1. The summed E-state index contributed by atoms with van der Waals surface area (Å²) < 4.78 is 20.3. The van der Waals surface area contributed by atoms with Crippen LogP contribution in [0.1, 0.15) is 23.6 Å². The van der Waals surface area contributed by atoms with Crippen molar-refractivity contribution in [3.63, 3.8) is 0 Å². The Bertz CT molecular complexity index is 1310. The fourth-order valence-electron chi connectivity index (χ4n) is 4.58. The molecule has 2 aliphatic rings. The van der Waals surface area contributed by atoms with Crippen molar-refractivity contribution in [1.29, 1.82) is 0 Å². The third kappa shape index (κ3) is 6.49. The van der Waals surface area contributed by atoms with Crippen LogP contribution in [0.3, 0.4) is 0 Å². The van der Waals surface area contributed by atoms with E-state index in [1.54, 1.807) is 18.3 Å². The minimum absolute atomic E-state index is 0.0192. The lowest BCUT2D eigenvalue weighted by Gasteiger charge is -2.26.